The van der Waals surface area contributed by atoms with E-state index in [4.69, 9.17) is 15.6 Å². The minimum absolute atomic E-state index is 0.0178. The van der Waals surface area contributed by atoms with Crippen LogP contribution in [0.2, 0.25) is 0 Å². The fourth-order valence-electron chi connectivity index (χ4n) is 3.12. The molecule has 0 atom stereocenters. The number of halogens is 3. The highest BCUT2D eigenvalue weighted by atomic mass is 19.4. The quantitative estimate of drug-likeness (QED) is 0.351. The lowest BCUT2D eigenvalue weighted by molar-refractivity contribution is -0.137. The van der Waals surface area contributed by atoms with Gasteiger partial charge in [-0.15, -0.1) is 5.10 Å². The highest BCUT2D eigenvalue weighted by molar-refractivity contribution is 5.87. The maximum Gasteiger partial charge on any atom is 0.416 e. The standard InChI is InChI=1S/C22H16F3N5O/c1-13-6-7-14(11-28-13)16-9-8-15(22(23,24)25)10-19(16)31-21-18-5-3-2-4-17(18)20(27)30(12-26)29-21/h2-12,26-27H,1H3. The number of nitrogens with one attached hydrogen (secondary N) is 2. The number of ether oxygens (including phenoxy) is 1. The van der Waals surface area contributed by atoms with Gasteiger partial charge in [-0.05, 0) is 37.3 Å². The van der Waals surface area contributed by atoms with Crippen LogP contribution in [-0.2, 0) is 6.18 Å². The average Bonchev–Trinajstić information content (AvgIpc) is 2.76. The van der Waals surface area contributed by atoms with E-state index in [9.17, 15) is 13.2 Å². The minimum atomic E-state index is -4.56. The van der Waals surface area contributed by atoms with Gasteiger partial charge in [0, 0.05) is 33.8 Å². The molecule has 0 spiro atoms. The van der Waals surface area contributed by atoms with Crippen LogP contribution in [0.4, 0.5) is 13.2 Å². The largest absolute Gasteiger partial charge is 0.436 e. The molecule has 2 aromatic carbocycles. The van der Waals surface area contributed by atoms with Gasteiger partial charge in [-0.1, -0.05) is 24.3 Å². The van der Waals surface area contributed by atoms with Gasteiger partial charge >= 0.3 is 6.18 Å². The van der Waals surface area contributed by atoms with Crippen molar-refractivity contribution < 1.29 is 17.9 Å². The van der Waals surface area contributed by atoms with E-state index in [0.717, 1.165) is 28.8 Å². The molecule has 156 valence electrons. The Morgan fingerprint density at radius 2 is 1.77 bits per heavy atom. The summed E-state index contributed by atoms with van der Waals surface area (Å²) in [5.41, 5.74) is 0.847. The molecule has 0 saturated heterocycles. The molecule has 9 heteroatoms. The maximum absolute atomic E-state index is 13.4. The van der Waals surface area contributed by atoms with Crippen LogP contribution < -0.4 is 10.2 Å². The van der Waals surface area contributed by atoms with Crippen LogP contribution in [0.15, 0.2) is 60.8 Å². The number of aromatic nitrogens is 3. The van der Waals surface area contributed by atoms with Crippen molar-refractivity contribution in [1.82, 2.24) is 14.8 Å². The second-order valence-electron chi connectivity index (χ2n) is 6.77. The van der Waals surface area contributed by atoms with Gasteiger partial charge in [-0.25, -0.2) is 4.68 Å². The number of rotatable bonds is 4. The van der Waals surface area contributed by atoms with Gasteiger partial charge in [0.25, 0.3) is 0 Å². The summed E-state index contributed by atoms with van der Waals surface area (Å²) in [6.07, 6.45) is -2.17. The molecule has 0 bridgehead atoms. The Morgan fingerprint density at radius 1 is 1.03 bits per heavy atom. The van der Waals surface area contributed by atoms with E-state index in [1.54, 1.807) is 42.6 Å². The molecule has 2 aromatic heterocycles. The van der Waals surface area contributed by atoms with E-state index in [1.165, 1.54) is 6.07 Å². The molecule has 31 heavy (non-hydrogen) atoms. The summed E-state index contributed by atoms with van der Waals surface area (Å²) in [5.74, 6) is -0.0804. The van der Waals surface area contributed by atoms with E-state index in [-0.39, 0.29) is 17.1 Å². The van der Waals surface area contributed by atoms with Crippen molar-refractivity contribution in [1.29, 1.82) is 10.8 Å². The first-order valence-electron chi connectivity index (χ1n) is 9.17. The second kappa shape index (κ2) is 7.67. The number of nitrogens with zero attached hydrogens (tertiary/aromatic N) is 3. The fourth-order valence-corrected chi connectivity index (χ4v) is 3.12. The summed E-state index contributed by atoms with van der Waals surface area (Å²) < 4.78 is 47.0. The molecule has 0 fully saturated rings. The highest BCUT2D eigenvalue weighted by Crippen LogP contribution is 2.39. The number of aryl methyl sites for hydroxylation is 1. The van der Waals surface area contributed by atoms with E-state index >= 15 is 0 Å². The molecule has 6 nitrogen and oxygen atoms in total. The first kappa shape index (κ1) is 20.3. The smallest absolute Gasteiger partial charge is 0.416 e. The van der Waals surface area contributed by atoms with Crippen LogP contribution in [0.5, 0.6) is 11.6 Å². The SMILES string of the molecule is Cc1ccc(-c2ccc(C(F)(F)F)cc2Oc2nn(C=N)c(=N)c3ccccc23)cn1. The van der Waals surface area contributed by atoms with Crippen molar-refractivity contribution in [2.45, 2.75) is 13.1 Å². The predicted molar refractivity (Wildman–Crippen MR) is 109 cm³/mol. The molecular weight excluding hydrogens is 407 g/mol. The minimum Gasteiger partial charge on any atom is -0.436 e. The first-order chi connectivity index (χ1) is 14.8. The van der Waals surface area contributed by atoms with Crippen molar-refractivity contribution in [3.8, 4) is 22.8 Å². The third-order valence-electron chi connectivity index (χ3n) is 4.70. The molecule has 0 amide bonds. The molecule has 0 aliphatic rings. The monoisotopic (exact) mass is 423 g/mol. The zero-order valence-corrected chi connectivity index (χ0v) is 16.2. The number of benzene rings is 2. The Labute approximate surface area is 174 Å². The van der Waals surface area contributed by atoms with E-state index < -0.39 is 11.7 Å². The summed E-state index contributed by atoms with van der Waals surface area (Å²) >= 11 is 0. The van der Waals surface area contributed by atoms with Gasteiger partial charge in [0.2, 0.25) is 5.88 Å². The van der Waals surface area contributed by atoms with E-state index in [1.807, 2.05) is 6.92 Å². The van der Waals surface area contributed by atoms with E-state index in [2.05, 4.69) is 10.1 Å². The molecular formula is C22H16F3N5O. The third kappa shape index (κ3) is 3.89. The topological polar surface area (TPSA) is 87.6 Å². The normalized spacial score (nSPS) is 11.5. The summed E-state index contributed by atoms with van der Waals surface area (Å²) in [6.45, 7) is 1.81. The van der Waals surface area contributed by atoms with E-state index in [0.29, 0.717) is 21.9 Å². The first-order valence-corrected chi connectivity index (χ1v) is 9.17. The number of hydrogen-bond acceptors (Lipinski definition) is 5. The van der Waals surface area contributed by atoms with Crippen LogP contribution in [0, 0.1) is 17.7 Å². The molecule has 0 saturated carbocycles. The van der Waals surface area contributed by atoms with Gasteiger partial charge < -0.3 is 4.74 Å². The summed E-state index contributed by atoms with van der Waals surface area (Å²) in [6, 6.07) is 13.5. The van der Waals surface area contributed by atoms with Crippen LogP contribution >= 0.6 is 0 Å². The zero-order valence-electron chi connectivity index (χ0n) is 16.2. The number of hydrogen-bond donors (Lipinski definition) is 2. The Kier molecular flexibility index (Phi) is 5.02. The Balaban J connectivity index is 1.93. The van der Waals surface area contributed by atoms with Gasteiger partial charge in [0.1, 0.15) is 12.1 Å². The van der Waals surface area contributed by atoms with Crippen LogP contribution in [0.3, 0.4) is 0 Å². The summed E-state index contributed by atoms with van der Waals surface area (Å²) in [4.78, 5) is 4.21. The lowest BCUT2D eigenvalue weighted by Crippen LogP contribution is -2.23. The predicted octanol–water partition coefficient (Wildman–Crippen LogP) is 5.15. The average molecular weight is 423 g/mol. The molecule has 4 rings (SSSR count). The van der Waals surface area contributed by atoms with Gasteiger partial charge in [-0.2, -0.15) is 13.2 Å². The van der Waals surface area contributed by atoms with Crippen molar-refractivity contribution >= 4 is 17.1 Å². The molecule has 4 aromatic rings. The molecule has 0 radical (unpaired) electrons. The van der Waals surface area contributed by atoms with Crippen molar-refractivity contribution in [2.75, 3.05) is 0 Å². The fraction of sp³-hybridized carbons (Fsp3) is 0.0909. The van der Waals surface area contributed by atoms with Crippen LogP contribution in [0.1, 0.15) is 11.3 Å². The van der Waals surface area contributed by atoms with Crippen LogP contribution in [0.25, 0.3) is 21.9 Å². The molecule has 0 aliphatic heterocycles. The van der Waals surface area contributed by atoms with Gasteiger partial charge in [0.05, 0.1) is 5.56 Å². The molecule has 0 unspecified atom stereocenters. The number of fused-ring (bicyclic) bond motifs is 1. The summed E-state index contributed by atoms with van der Waals surface area (Å²) in [5, 5.41) is 20.7. The lowest BCUT2D eigenvalue weighted by atomic mass is 10.0. The highest BCUT2D eigenvalue weighted by Gasteiger charge is 2.31. The maximum atomic E-state index is 13.4. The number of pyridine rings is 1. The molecule has 2 heterocycles. The van der Waals surface area contributed by atoms with Crippen molar-refractivity contribution in [2.24, 2.45) is 0 Å². The van der Waals surface area contributed by atoms with Gasteiger partial charge in [-0.3, -0.25) is 15.8 Å². The Morgan fingerprint density at radius 3 is 2.42 bits per heavy atom. The number of alkyl halides is 3. The Hall–Kier alpha value is -4.01. The summed E-state index contributed by atoms with van der Waals surface area (Å²) in [7, 11) is 0. The van der Waals surface area contributed by atoms with Crippen molar-refractivity contribution in [3.63, 3.8) is 0 Å². The second-order valence-corrected chi connectivity index (χ2v) is 6.77. The lowest BCUT2D eigenvalue weighted by Gasteiger charge is -2.16. The van der Waals surface area contributed by atoms with Crippen molar-refractivity contribution in [3.05, 3.63) is 77.5 Å². The van der Waals surface area contributed by atoms with Crippen LogP contribution in [-0.4, -0.2) is 21.1 Å². The zero-order chi connectivity index (χ0) is 22.2. The molecule has 0 aliphatic carbocycles. The molecule has 2 N–H and O–H groups in total. The third-order valence-corrected chi connectivity index (χ3v) is 4.70. The van der Waals surface area contributed by atoms with Gasteiger partial charge in [0.15, 0.2) is 5.49 Å². The Bertz CT molecular complexity index is 1340.